The van der Waals surface area contributed by atoms with E-state index < -0.39 is 11.3 Å². The van der Waals surface area contributed by atoms with Gasteiger partial charge in [0.15, 0.2) is 0 Å². The van der Waals surface area contributed by atoms with Crippen molar-refractivity contribution in [3.05, 3.63) is 22.9 Å². The number of carbonyl (C=O) groups excluding carboxylic acids is 1. The minimum atomic E-state index is -2.56. The number of alkyl halides is 2. The van der Waals surface area contributed by atoms with Gasteiger partial charge in [-0.05, 0) is 31.4 Å². The highest BCUT2D eigenvalue weighted by Gasteiger charge is 2.68. The van der Waals surface area contributed by atoms with E-state index in [1.165, 1.54) is 0 Å². The molecule has 1 N–H and O–H groups in total. The van der Waals surface area contributed by atoms with Crippen LogP contribution in [0.15, 0.2) is 6.07 Å². The summed E-state index contributed by atoms with van der Waals surface area (Å²) in [5.74, 6) is -1.71. The predicted octanol–water partition coefficient (Wildman–Crippen LogP) is 2.66. The van der Waals surface area contributed by atoms with Crippen molar-refractivity contribution in [2.24, 2.45) is 5.41 Å². The zero-order valence-corrected chi connectivity index (χ0v) is 14.6. The zero-order valence-electron chi connectivity index (χ0n) is 14.6. The van der Waals surface area contributed by atoms with Crippen LogP contribution < -0.4 is 10.2 Å². The van der Waals surface area contributed by atoms with E-state index >= 15 is 0 Å². The van der Waals surface area contributed by atoms with E-state index in [0.29, 0.717) is 12.1 Å². The van der Waals surface area contributed by atoms with Gasteiger partial charge < -0.3 is 15.0 Å². The van der Waals surface area contributed by atoms with Gasteiger partial charge in [0.2, 0.25) is 0 Å². The highest BCUT2D eigenvalue weighted by Crippen LogP contribution is 2.60. The molecule has 0 spiro atoms. The van der Waals surface area contributed by atoms with Gasteiger partial charge in [0.05, 0.1) is 35.9 Å². The maximum atomic E-state index is 13.3. The number of nitrogens with zero attached hydrogens (tertiary/aromatic N) is 2. The minimum absolute atomic E-state index is 0.0300. The van der Waals surface area contributed by atoms with Crippen LogP contribution in [0.3, 0.4) is 0 Å². The molecule has 1 aromatic rings. The molecule has 2 aliphatic heterocycles. The molecule has 7 heteroatoms. The van der Waals surface area contributed by atoms with Crippen LogP contribution in [0.5, 0.6) is 0 Å². The summed E-state index contributed by atoms with van der Waals surface area (Å²) < 4.78 is 32.3. The van der Waals surface area contributed by atoms with E-state index in [4.69, 9.17) is 4.74 Å². The molecule has 5 nitrogen and oxygen atoms in total. The van der Waals surface area contributed by atoms with Crippen molar-refractivity contribution in [1.82, 2.24) is 10.3 Å². The second-order valence-corrected chi connectivity index (χ2v) is 7.75. The summed E-state index contributed by atoms with van der Waals surface area (Å²) in [7, 11) is 0. The lowest BCUT2D eigenvalue weighted by Crippen LogP contribution is -2.38. The SMILES string of the molecule is Cc1cc2c(nc1N1CCC(OC[C@@]3(C)CC3(F)F)CC1)CNC2=O. The van der Waals surface area contributed by atoms with Gasteiger partial charge in [-0.1, -0.05) is 6.92 Å². The molecule has 0 bridgehead atoms. The predicted molar refractivity (Wildman–Crippen MR) is 89.0 cm³/mol. The van der Waals surface area contributed by atoms with Crippen LogP contribution in [0.25, 0.3) is 0 Å². The number of anilines is 1. The molecule has 0 aromatic carbocycles. The Bertz CT molecular complexity index is 717. The van der Waals surface area contributed by atoms with Gasteiger partial charge in [-0.2, -0.15) is 0 Å². The van der Waals surface area contributed by atoms with Crippen molar-refractivity contribution in [2.45, 2.75) is 51.7 Å². The Balaban J connectivity index is 1.36. The molecule has 1 saturated heterocycles. The Kier molecular flexibility index (Phi) is 3.76. The fraction of sp³-hybridized carbons (Fsp3) is 0.667. The van der Waals surface area contributed by atoms with Crippen molar-refractivity contribution in [3.8, 4) is 0 Å². The van der Waals surface area contributed by atoms with Crippen LogP contribution in [0.4, 0.5) is 14.6 Å². The molecule has 3 aliphatic rings. The maximum absolute atomic E-state index is 13.3. The minimum Gasteiger partial charge on any atom is -0.377 e. The third-order valence-electron chi connectivity index (χ3n) is 5.68. The van der Waals surface area contributed by atoms with Crippen LogP contribution in [-0.4, -0.2) is 42.6 Å². The average Bonchev–Trinajstić information content (AvgIpc) is 2.89. The van der Waals surface area contributed by atoms with Crippen LogP contribution in [-0.2, 0) is 11.3 Å². The molecule has 1 saturated carbocycles. The second-order valence-electron chi connectivity index (χ2n) is 7.75. The van der Waals surface area contributed by atoms with Crippen LogP contribution in [0, 0.1) is 12.3 Å². The normalized spacial score (nSPS) is 28.0. The number of nitrogens with one attached hydrogen (secondary N) is 1. The van der Waals surface area contributed by atoms with E-state index in [2.05, 4.69) is 15.2 Å². The molecule has 25 heavy (non-hydrogen) atoms. The smallest absolute Gasteiger partial charge is 0.256 e. The van der Waals surface area contributed by atoms with Gasteiger partial charge in [-0.25, -0.2) is 13.8 Å². The number of aromatic nitrogens is 1. The first-order valence-corrected chi connectivity index (χ1v) is 8.82. The molecule has 2 fully saturated rings. The number of rotatable bonds is 4. The van der Waals surface area contributed by atoms with Gasteiger partial charge in [0.1, 0.15) is 5.82 Å². The van der Waals surface area contributed by atoms with Crippen molar-refractivity contribution < 1.29 is 18.3 Å². The maximum Gasteiger partial charge on any atom is 0.256 e. The lowest BCUT2D eigenvalue weighted by molar-refractivity contribution is -0.0245. The zero-order chi connectivity index (χ0) is 17.8. The molecule has 136 valence electrons. The number of hydrogen-bond donors (Lipinski definition) is 1. The Morgan fingerprint density at radius 3 is 2.72 bits per heavy atom. The molecule has 0 radical (unpaired) electrons. The Labute approximate surface area is 145 Å². The van der Waals surface area contributed by atoms with Crippen LogP contribution in [0.1, 0.15) is 47.8 Å². The van der Waals surface area contributed by atoms with Gasteiger partial charge in [0.25, 0.3) is 11.8 Å². The number of carbonyl (C=O) groups is 1. The second kappa shape index (κ2) is 5.62. The third-order valence-corrected chi connectivity index (χ3v) is 5.68. The van der Waals surface area contributed by atoms with E-state index in [-0.39, 0.29) is 25.0 Å². The summed E-state index contributed by atoms with van der Waals surface area (Å²) >= 11 is 0. The molecule has 4 rings (SSSR count). The summed E-state index contributed by atoms with van der Waals surface area (Å²) in [6.45, 7) is 5.74. The quantitative estimate of drug-likeness (QED) is 0.906. The summed E-state index contributed by atoms with van der Waals surface area (Å²) in [5, 5.41) is 2.79. The van der Waals surface area contributed by atoms with Gasteiger partial charge in [-0.15, -0.1) is 0 Å². The standard InChI is InChI=1S/C18H23F2N3O2/c1-11-7-13-14(8-21-16(13)24)22-15(11)23-5-3-12(4-6-23)25-10-17(2)9-18(17,19)20/h7,12H,3-6,8-10H2,1-2H3,(H,21,24)/t17-/m1/s1. The van der Waals surface area contributed by atoms with E-state index in [9.17, 15) is 13.6 Å². The van der Waals surface area contributed by atoms with Crippen molar-refractivity contribution >= 4 is 11.7 Å². The summed E-state index contributed by atoms with van der Waals surface area (Å²) in [6.07, 6.45) is 1.57. The van der Waals surface area contributed by atoms with Gasteiger partial charge in [0, 0.05) is 19.5 Å². The van der Waals surface area contributed by atoms with E-state index in [1.807, 2.05) is 13.0 Å². The summed E-state index contributed by atoms with van der Waals surface area (Å²) in [4.78, 5) is 18.6. The first-order valence-electron chi connectivity index (χ1n) is 8.82. The molecule has 1 amide bonds. The number of piperidine rings is 1. The van der Waals surface area contributed by atoms with Gasteiger partial charge in [-0.3, -0.25) is 4.79 Å². The molecular formula is C18H23F2N3O2. The van der Waals surface area contributed by atoms with Crippen molar-refractivity contribution in [3.63, 3.8) is 0 Å². The molecular weight excluding hydrogens is 328 g/mol. The number of ether oxygens (including phenoxy) is 1. The number of halogens is 2. The third kappa shape index (κ3) is 2.88. The van der Waals surface area contributed by atoms with Crippen molar-refractivity contribution in [1.29, 1.82) is 0 Å². The van der Waals surface area contributed by atoms with Crippen LogP contribution in [0.2, 0.25) is 0 Å². The Hall–Kier alpha value is -1.76. The lowest BCUT2D eigenvalue weighted by Gasteiger charge is -2.34. The average molecular weight is 351 g/mol. The molecule has 3 heterocycles. The monoisotopic (exact) mass is 351 g/mol. The first-order chi connectivity index (χ1) is 11.8. The fourth-order valence-corrected chi connectivity index (χ4v) is 3.69. The van der Waals surface area contributed by atoms with Crippen LogP contribution >= 0.6 is 0 Å². The summed E-state index contributed by atoms with van der Waals surface area (Å²) in [5.41, 5.74) is 1.48. The topological polar surface area (TPSA) is 54.5 Å². The number of pyridine rings is 1. The molecule has 1 aliphatic carbocycles. The Morgan fingerprint density at radius 1 is 1.40 bits per heavy atom. The largest absolute Gasteiger partial charge is 0.377 e. The highest BCUT2D eigenvalue weighted by molar-refractivity contribution is 5.98. The lowest BCUT2D eigenvalue weighted by atomic mass is 10.1. The summed E-state index contributed by atoms with van der Waals surface area (Å²) in [6, 6.07) is 1.90. The number of hydrogen-bond acceptors (Lipinski definition) is 4. The fourth-order valence-electron chi connectivity index (χ4n) is 3.69. The number of amides is 1. The van der Waals surface area contributed by atoms with E-state index in [0.717, 1.165) is 43.0 Å². The number of aryl methyl sites for hydroxylation is 1. The molecule has 0 unspecified atom stereocenters. The first kappa shape index (κ1) is 16.7. The van der Waals surface area contributed by atoms with Gasteiger partial charge >= 0.3 is 0 Å². The number of fused-ring (bicyclic) bond motifs is 1. The van der Waals surface area contributed by atoms with Crippen molar-refractivity contribution in [2.75, 3.05) is 24.6 Å². The molecule has 1 atom stereocenters. The van der Waals surface area contributed by atoms with E-state index in [1.54, 1.807) is 6.92 Å². The highest BCUT2D eigenvalue weighted by atomic mass is 19.3. The Morgan fingerprint density at radius 2 is 2.08 bits per heavy atom. The molecule has 1 aromatic heterocycles.